The zero-order valence-electron chi connectivity index (χ0n) is 11.7. The second kappa shape index (κ2) is 4.98. The van der Waals surface area contributed by atoms with Gasteiger partial charge in [0.25, 0.3) is 0 Å². The number of aromatic nitrogens is 1. The first-order valence-corrected chi connectivity index (χ1v) is 6.73. The van der Waals surface area contributed by atoms with Crippen molar-refractivity contribution in [3.8, 4) is 0 Å². The number of nitrogens with zero attached hydrogens (tertiary/aromatic N) is 1. The van der Waals surface area contributed by atoms with Crippen LogP contribution in [0, 0.1) is 6.92 Å². The average molecular weight is 280 g/mol. The van der Waals surface area contributed by atoms with E-state index in [9.17, 15) is 9.90 Å². The molecule has 0 aliphatic heterocycles. The quantitative estimate of drug-likeness (QED) is 0.723. The zero-order valence-corrected chi connectivity index (χ0v) is 11.7. The minimum Gasteiger partial charge on any atom is -0.478 e. The standard InChI is InChI=1S/C17H16N2O2/c1-11-16(17(20)21)14-9-13(18)7-8-15(14)19(11)10-12-5-3-2-4-6-12/h2-9H,10,18H2,1H3,(H,20,21). The average Bonchev–Trinajstić information content (AvgIpc) is 2.72. The number of nitrogen functional groups attached to an aromatic ring is 1. The molecule has 0 spiro atoms. The van der Waals surface area contributed by atoms with Gasteiger partial charge < -0.3 is 15.4 Å². The van der Waals surface area contributed by atoms with Crippen molar-refractivity contribution < 1.29 is 9.90 Å². The summed E-state index contributed by atoms with van der Waals surface area (Å²) in [6.07, 6.45) is 0. The lowest BCUT2D eigenvalue weighted by Crippen LogP contribution is -2.04. The molecule has 0 bridgehead atoms. The van der Waals surface area contributed by atoms with Crippen LogP contribution in [0.15, 0.2) is 48.5 Å². The van der Waals surface area contributed by atoms with E-state index >= 15 is 0 Å². The summed E-state index contributed by atoms with van der Waals surface area (Å²) in [4.78, 5) is 11.6. The fraction of sp³-hybridized carbons (Fsp3) is 0.118. The molecule has 0 saturated heterocycles. The highest BCUT2D eigenvalue weighted by Crippen LogP contribution is 2.28. The number of carbonyl (C=O) groups is 1. The summed E-state index contributed by atoms with van der Waals surface area (Å²) in [7, 11) is 0. The second-order valence-electron chi connectivity index (χ2n) is 5.11. The molecule has 1 heterocycles. The third kappa shape index (κ3) is 2.25. The Kier molecular flexibility index (Phi) is 3.14. The topological polar surface area (TPSA) is 68.2 Å². The molecule has 0 unspecified atom stereocenters. The number of aromatic carboxylic acids is 1. The van der Waals surface area contributed by atoms with Crippen molar-refractivity contribution in [3.63, 3.8) is 0 Å². The maximum absolute atomic E-state index is 11.6. The maximum Gasteiger partial charge on any atom is 0.338 e. The van der Waals surface area contributed by atoms with Crippen LogP contribution in [0.2, 0.25) is 0 Å². The lowest BCUT2D eigenvalue weighted by atomic mass is 10.1. The molecule has 21 heavy (non-hydrogen) atoms. The summed E-state index contributed by atoms with van der Waals surface area (Å²) in [5.74, 6) is -0.921. The molecule has 1 aromatic heterocycles. The van der Waals surface area contributed by atoms with Crippen LogP contribution in [0.1, 0.15) is 21.6 Å². The van der Waals surface area contributed by atoms with Crippen LogP contribution in [0.3, 0.4) is 0 Å². The minimum atomic E-state index is -0.921. The van der Waals surface area contributed by atoms with Crippen LogP contribution < -0.4 is 5.73 Å². The van der Waals surface area contributed by atoms with E-state index in [2.05, 4.69) is 0 Å². The Morgan fingerprint density at radius 2 is 1.90 bits per heavy atom. The second-order valence-corrected chi connectivity index (χ2v) is 5.11. The number of carboxylic acid groups (broad SMARTS) is 1. The van der Waals surface area contributed by atoms with E-state index in [1.54, 1.807) is 12.1 Å². The highest BCUT2D eigenvalue weighted by Gasteiger charge is 2.19. The van der Waals surface area contributed by atoms with Crippen molar-refractivity contribution in [2.75, 3.05) is 5.73 Å². The molecule has 0 atom stereocenters. The molecule has 2 aromatic carbocycles. The lowest BCUT2D eigenvalue weighted by Gasteiger charge is -2.08. The third-order valence-electron chi connectivity index (χ3n) is 3.74. The molecule has 0 amide bonds. The number of nitrogens with two attached hydrogens (primary N) is 1. The largest absolute Gasteiger partial charge is 0.478 e. The molecular formula is C17H16N2O2. The number of fused-ring (bicyclic) bond motifs is 1. The van der Waals surface area contributed by atoms with Gasteiger partial charge in [-0.3, -0.25) is 0 Å². The number of hydrogen-bond donors (Lipinski definition) is 2. The van der Waals surface area contributed by atoms with Crippen molar-refractivity contribution in [2.45, 2.75) is 13.5 Å². The summed E-state index contributed by atoms with van der Waals surface area (Å²) >= 11 is 0. The molecule has 106 valence electrons. The molecule has 3 aromatic rings. The van der Waals surface area contributed by atoms with E-state index in [1.165, 1.54) is 0 Å². The first-order chi connectivity index (χ1) is 10.1. The fourth-order valence-corrected chi connectivity index (χ4v) is 2.74. The Morgan fingerprint density at radius 3 is 2.57 bits per heavy atom. The number of benzene rings is 2. The number of carboxylic acids is 1. The van der Waals surface area contributed by atoms with Gasteiger partial charge in [0.1, 0.15) is 0 Å². The van der Waals surface area contributed by atoms with Crippen LogP contribution in [0.4, 0.5) is 5.69 Å². The van der Waals surface area contributed by atoms with Crippen LogP contribution in [0.25, 0.3) is 10.9 Å². The summed E-state index contributed by atoms with van der Waals surface area (Å²) in [5.41, 5.74) is 9.47. The smallest absolute Gasteiger partial charge is 0.338 e. The number of rotatable bonds is 3. The molecular weight excluding hydrogens is 264 g/mol. The van der Waals surface area contributed by atoms with E-state index in [-0.39, 0.29) is 0 Å². The Bertz CT molecular complexity index is 820. The van der Waals surface area contributed by atoms with E-state index in [0.29, 0.717) is 23.2 Å². The van der Waals surface area contributed by atoms with Crippen LogP contribution in [-0.2, 0) is 6.54 Å². The van der Waals surface area contributed by atoms with Crippen molar-refractivity contribution in [2.24, 2.45) is 0 Å². The predicted octanol–water partition coefficient (Wildman–Crippen LogP) is 3.28. The van der Waals surface area contributed by atoms with Gasteiger partial charge in [-0.25, -0.2) is 4.79 Å². The molecule has 0 saturated carbocycles. The van der Waals surface area contributed by atoms with Crippen molar-refractivity contribution in [1.29, 1.82) is 0 Å². The molecule has 0 aliphatic carbocycles. The Morgan fingerprint density at radius 1 is 1.19 bits per heavy atom. The Labute approximate surface area is 122 Å². The van der Waals surface area contributed by atoms with E-state index < -0.39 is 5.97 Å². The Balaban J connectivity index is 2.23. The molecule has 0 radical (unpaired) electrons. The fourth-order valence-electron chi connectivity index (χ4n) is 2.74. The van der Waals surface area contributed by atoms with E-state index in [1.807, 2.05) is 47.9 Å². The van der Waals surface area contributed by atoms with Gasteiger partial charge in [-0.2, -0.15) is 0 Å². The summed E-state index contributed by atoms with van der Waals surface area (Å²) in [5, 5.41) is 10.2. The van der Waals surface area contributed by atoms with Gasteiger partial charge in [0, 0.05) is 28.8 Å². The van der Waals surface area contributed by atoms with Gasteiger partial charge in [-0.15, -0.1) is 0 Å². The summed E-state index contributed by atoms with van der Waals surface area (Å²) in [6, 6.07) is 15.4. The lowest BCUT2D eigenvalue weighted by molar-refractivity contribution is 0.0698. The monoisotopic (exact) mass is 280 g/mol. The van der Waals surface area contributed by atoms with Gasteiger partial charge in [-0.1, -0.05) is 30.3 Å². The predicted molar refractivity (Wildman–Crippen MR) is 83.6 cm³/mol. The number of hydrogen-bond acceptors (Lipinski definition) is 2. The zero-order chi connectivity index (χ0) is 15.0. The normalized spacial score (nSPS) is 10.9. The molecule has 3 N–H and O–H groups in total. The van der Waals surface area contributed by atoms with Crippen molar-refractivity contribution in [1.82, 2.24) is 4.57 Å². The molecule has 3 rings (SSSR count). The maximum atomic E-state index is 11.6. The summed E-state index contributed by atoms with van der Waals surface area (Å²) < 4.78 is 2.02. The molecule has 0 fully saturated rings. The van der Waals surface area contributed by atoms with E-state index in [4.69, 9.17) is 5.73 Å². The molecule has 4 nitrogen and oxygen atoms in total. The van der Waals surface area contributed by atoms with Crippen LogP contribution >= 0.6 is 0 Å². The number of anilines is 1. The van der Waals surface area contributed by atoms with Crippen LogP contribution in [-0.4, -0.2) is 15.6 Å². The van der Waals surface area contributed by atoms with Crippen molar-refractivity contribution >= 4 is 22.6 Å². The van der Waals surface area contributed by atoms with Gasteiger partial charge in [0.15, 0.2) is 0 Å². The molecule has 4 heteroatoms. The Hall–Kier alpha value is -2.75. The molecule has 0 aliphatic rings. The van der Waals surface area contributed by atoms with Crippen LogP contribution in [0.5, 0.6) is 0 Å². The first kappa shape index (κ1) is 13.2. The summed E-state index contributed by atoms with van der Waals surface area (Å²) in [6.45, 7) is 2.48. The van der Waals surface area contributed by atoms with Crippen molar-refractivity contribution in [3.05, 3.63) is 65.4 Å². The van der Waals surface area contributed by atoms with E-state index in [0.717, 1.165) is 16.8 Å². The van der Waals surface area contributed by atoms with Gasteiger partial charge in [0.2, 0.25) is 0 Å². The first-order valence-electron chi connectivity index (χ1n) is 6.73. The SMILES string of the molecule is Cc1c(C(=O)O)c2cc(N)ccc2n1Cc1ccccc1. The van der Waals surface area contributed by atoms with Gasteiger partial charge in [-0.05, 0) is 30.7 Å². The minimum absolute atomic E-state index is 0.327. The van der Waals surface area contributed by atoms with Gasteiger partial charge >= 0.3 is 5.97 Å². The third-order valence-corrected chi connectivity index (χ3v) is 3.74. The van der Waals surface area contributed by atoms with Gasteiger partial charge in [0.05, 0.1) is 5.56 Å². The highest BCUT2D eigenvalue weighted by molar-refractivity contribution is 6.05. The highest BCUT2D eigenvalue weighted by atomic mass is 16.4.